The van der Waals surface area contributed by atoms with E-state index >= 15 is 0 Å². The van der Waals surface area contributed by atoms with Crippen LogP contribution in [0.15, 0.2) is 0 Å². The molecule has 0 spiro atoms. The quantitative estimate of drug-likeness (QED) is 0.0222. The van der Waals surface area contributed by atoms with E-state index in [1.165, 1.54) is 180 Å². The lowest BCUT2D eigenvalue weighted by Gasteiger charge is -2.21. The number of esters is 4. The van der Waals surface area contributed by atoms with Gasteiger partial charge < -0.3 is 33.8 Å². The number of carbonyl (C=O) groups excluding carboxylic acids is 4. The van der Waals surface area contributed by atoms with Gasteiger partial charge in [0, 0.05) is 25.7 Å². The van der Waals surface area contributed by atoms with Crippen LogP contribution in [-0.2, 0) is 65.4 Å². The van der Waals surface area contributed by atoms with E-state index in [-0.39, 0.29) is 25.7 Å². The van der Waals surface area contributed by atoms with Crippen molar-refractivity contribution in [1.29, 1.82) is 0 Å². The molecule has 0 aromatic heterocycles. The van der Waals surface area contributed by atoms with Gasteiger partial charge >= 0.3 is 39.5 Å². The van der Waals surface area contributed by atoms with Gasteiger partial charge in [0.25, 0.3) is 0 Å². The van der Waals surface area contributed by atoms with Gasteiger partial charge in [-0.1, -0.05) is 331 Å². The first-order valence-electron chi connectivity index (χ1n) is 39.3. The van der Waals surface area contributed by atoms with Crippen LogP contribution >= 0.6 is 15.6 Å². The van der Waals surface area contributed by atoms with Crippen LogP contribution in [0.2, 0.25) is 0 Å². The number of rotatable bonds is 73. The Morgan fingerprint density at radius 3 is 0.747 bits per heavy atom. The van der Waals surface area contributed by atoms with E-state index in [9.17, 15) is 43.2 Å². The van der Waals surface area contributed by atoms with Crippen LogP contribution < -0.4 is 0 Å². The molecule has 0 fully saturated rings. The highest BCUT2D eigenvalue weighted by molar-refractivity contribution is 7.47. The standard InChI is InChI=1S/C76H148O17P2/c1-9-67(6)53-45-37-29-23-16-14-12-13-15-17-25-31-40-48-56-73(78)86-62-71(92-76(81)59-51-43-33-27-21-19-24-30-38-46-54-68(7)10-2)64-90-94(82,83)88-60-70(77)61-89-95(84,85)91-65-72(63-87-74(79)57-49-41-35-34-39-47-55-69(8)11-3)93-75(80)58-50-42-32-26-20-18-22-28-36-44-52-66(4)5/h66-72,77H,9-65H2,1-8H3,(H,82,83)(H,84,85)/t67?,68?,69?,70-,71-,72-/m1/s1. The van der Waals surface area contributed by atoms with Gasteiger partial charge in [-0.25, -0.2) is 9.13 Å². The average Bonchev–Trinajstić information content (AvgIpc) is 1.99. The number of phosphoric ester groups is 2. The van der Waals surface area contributed by atoms with E-state index < -0.39 is 97.5 Å². The lowest BCUT2D eigenvalue weighted by atomic mass is 9.99. The first-order valence-corrected chi connectivity index (χ1v) is 42.3. The number of phosphoric acid groups is 2. The highest BCUT2D eigenvalue weighted by Gasteiger charge is 2.30. The van der Waals surface area contributed by atoms with E-state index in [4.69, 9.17) is 37.0 Å². The van der Waals surface area contributed by atoms with Crippen LogP contribution in [0.1, 0.15) is 383 Å². The number of aliphatic hydroxyl groups is 1. The molecule has 3 N–H and O–H groups in total. The Kier molecular flexibility index (Phi) is 64.0. The molecule has 0 amide bonds. The molecule has 0 aliphatic heterocycles. The van der Waals surface area contributed by atoms with Crippen molar-refractivity contribution in [3.05, 3.63) is 0 Å². The minimum atomic E-state index is -4.96. The van der Waals surface area contributed by atoms with Crippen LogP contribution in [0.5, 0.6) is 0 Å². The predicted molar refractivity (Wildman–Crippen MR) is 386 cm³/mol. The minimum Gasteiger partial charge on any atom is -0.462 e. The molecule has 0 aliphatic rings. The summed E-state index contributed by atoms with van der Waals surface area (Å²) in [7, 11) is -9.91. The molecule has 564 valence electrons. The van der Waals surface area contributed by atoms with Crippen molar-refractivity contribution < 1.29 is 80.2 Å². The Balaban J connectivity index is 5.25. The van der Waals surface area contributed by atoms with Crippen LogP contribution in [-0.4, -0.2) is 96.7 Å². The van der Waals surface area contributed by atoms with E-state index in [2.05, 4.69) is 55.4 Å². The lowest BCUT2D eigenvalue weighted by Crippen LogP contribution is -2.30. The smallest absolute Gasteiger partial charge is 0.462 e. The van der Waals surface area contributed by atoms with Crippen molar-refractivity contribution >= 4 is 39.5 Å². The molecule has 19 heteroatoms. The molecule has 0 heterocycles. The van der Waals surface area contributed by atoms with E-state index in [0.717, 1.165) is 120 Å². The second-order valence-corrected chi connectivity index (χ2v) is 31.5. The molecular formula is C76H148O17P2. The van der Waals surface area contributed by atoms with Gasteiger partial charge in [0.15, 0.2) is 12.2 Å². The van der Waals surface area contributed by atoms with Crippen LogP contribution in [0.3, 0.4) is 0 Å². The van der Waals surface area contributed by atoms with E-state index in [1.807, 2.05) is 0 Å². The minimum absolute atomic E-state index is 0.105. The highest BCUT2D eigenvalue weighted by atomic mass is 31.2. The summed E-state index contributed by atoms with van der Waals surface area (Å²) in [5.41, 5.74) is 0. The summed E-state index contributed by atoms with van der Waals surface area (Å²) in [6.45, 7) is 14.2. The monoisotopic (exact) mass is 1400 g/mol. The molecule has 0 bridgehead atoms. The van der Waals surface area contributed by atoms with Crippen LogP contribution in [0.4, 0.5) is 0 Å². The number of hydrogen-bond donors (Lipinski definition) is 3. The predicted octanol–water partition coefficient (Wildman–Crippen LogP) is 22.0. The van der Waals surface area contributed by atoms with Gasteiger partial charge in [-0.05, 0) is 49.4 Å². The topological polar surface area (TPSA) is 237 Å². The van der Waals surface area contributed by atoms with Crippen molar-refractivity contribution in [3.63, 3.8) is 0 Å². The maximum absolute atomic E-state index is 13.1. The normalized spacial score (nSPS) is 15.0. The molecule has 0 saturated carbocycles. The maximum Gasteiger partial charge on any atom is 0.472 e. The Morgan fingerprint density at radius 2 is 0.505 bits per heavy atom. The third-order valence-electron chi connectivity index (χ3n) is 18.7. The molecule has 0 rings (SSSR count). The number of ether oxygens (including phenoxy) is 4. The van der Waals surface area contributed by atoms with Crippen LogP contribution in [0.25, 0.3) is 0 Å². The van der Waals surface area contributed by atoms with Crippen molar-refractivity contribution in [2.45, 2.75) is 401 Å². The molecule has 0 radical (unpaired) electrons. The molecule has 0 saturated heterocycles. The lowest BCUT2D eigenvalue weighted by molar-refractivity contribution is -0.161. The van der Waals surface area contributed by atoms with Crippen molar-refractivity contribution in [3.8, 4) is 0 Å². The fraction of sp³-hybridized carbons (Fsp3) is 0.947. The van der Waals surface area contributed by atoms with Crippen molar-refractivity contribution in [1.82, 2.24) is 0 Å². The summed E-state index contributed by atoms with van der Waals surface area (Å²) in [6.07, 6.45) is 49.8. The fourth-order valence-electron chi connectivity index (χ4n) is 11.5. The summed E-state index contributed by atoms with van der Waals surface area (Å²) in [4.78, 5) is 72.8. The first kappa shape index (κ1) is 93.1. The summed E-state index contributed by atoms with van der Waals surface area (Å²) >= 11 is 0. The van der Waals surface area contributed by atoms with Crippen molar-refractivity contribution in [2.75, 3.05) is 39.6 Å². The molecule has 0 aromatic carbocycles. The SMILES string of the molecule is CCC(C)CCCCCCCCCCCCCCCCC(=O)OC[C@H](COP(=O)(O)OC[C@@H](O)COP(=O)(O)OC[C@@H](COC(=O)CCCCCCCCC(C)CC)OC(=O)CCCCCCCCCCCCC(C)C)OC(=O)CCCCCCCCCCCCC(C)CC. The second kappa shape index (κ2) is 65.4. The Hall–Kier alpha value is -1.94. The second-order valence-electron chi connectivity index (χ2n) is 28.6. The molecule has 95 heavy (non-hydrogen) atoms. The van der Waals surface area contributed by atoms with Gasteiger partial charge in [0.1, 0.15) is 19.3 Å². The number of carbonyl (C=O) groups is 4. The summed E-state index contributed by atoms with van der Waals surface area (Å²) < 4.78 is 68.5. The molecular weight excluding hydrogens is 1250 g/mol. The van der Waals surface area contributed by atoms with Crippen LogP contribution in [0, 0.1) is 23.7 Å². The molecule has 0 aromatic rings. The average molecular weight is 1400 g/mol. The zero-order valence-electron chi connectivity index (χ0n) is 62.3. The fourth-order valence-corrected chi connectivity index (χ4v) is 13.0. The maximum atomic E-state index is 13.1. The summed E-state index contributed by atoms with van der Waals surface area (Å²) in [6, 6.07) is 0. The summed E-state index contributed by atoms with van der Waals surface area (Å²) in [5.74, 6) is 1.01. The molecule has 8 atom stereocenters. The van der Waals surface area contributed by atoms with Crippen molar-refractivity contribution in [2.24, 2.45) is 23.7 Å². The van der Waals surface area contributed by atoms with Gasteiger partial charge in [0.2, 0.25) is 0 Å². The highest BCUT2D eigenvalue weighted by Crippen LogP contribution is 2.45. The molecule has 5 unspecified atom stereocenters. The zero-order valence-corrected chi connectivity index (χ0v) is 64.1. The van der Waals surface area contributed by atoms with E-state index in [0.29, 0.717) is 25.7 Å². The third-order valence-corrected chi connectivity index (χ3v) is 20.6. The van der Waals surface area contributed by atoms with Gasteiger partial charge in [0.05, 0.1) is 26.4 Å². The zero-order chi connectivity index (χ0) is 70.3. The third kappa shape index (κ3) is 66.4. The Morgan fingerprint density at radius 1 is 0.295 bits per heavy atom. The Bertz CT molecular complexity index is 1870. The van der Waals surface area contributed by atoms with E-state index in [1.54, 1.807) is 0 Å². The largest absolute Gasteiger partial charge is 0.472 e. The molecule has 17 nitrogen and oxygen atoms in total. The van der Waals surface area contributed by atoms with Gasteiger partial charge in [-0.15, -0.1) is 0 Å². The molecule has 0 aliphatic carbocycles. The summed E-state index contributed by atoms with van der Waals surface area (Å²) in [5, 5.41) is 10.6. The van der Waals surface area contributed by atoms with Gasteiger partial charge in [-0.3, -0.25) is 37.3 Å². The Labute approximate surface area is 581 Å². The first-order chi connectivity index (χ1) is 45.7. The van der Waals surface area contributed by atoms with Gasteiger partial charge in [-0.2, -0.15) is 0 Å². The number of aliphatic hydroxyl groups excluding tert-OH is 1. The number of unbranched alkanes of at least 4 members (excludes halogenated alkanes) is 36. The number of hydrogen-bond acceptors (Lipinski definition) is 15.